The summed E-state index contributed by atoms with van der Waals surface area (Å²) in [6.07, 6.45) is 7.86. The van der Waals surface area contributed by atoms with Crippen molar-refractivity contribution >= 4 is 0 Å². The zero-order valence-electron chi connectivity index (χ0n) is 11.6. The number of likely N-dealkylation sites (tertiary alicyclic amines) is 1. The van der Waals surface area contributed by atoms with Gasteiger partial charge >= 0.3 is 0 Å². The molecule has 1 saturated heterocycles. The molecule has 0 bridgehead atoms. The van der Waals surface area contributed by atoms with Crippen molar-refractivity contribution in [1.82, 2.24) is 4.90 Å². The minimum atomic E-state index is 0.231. The summed E-state index contributed by atoms with van der Waals surface area (Å²) in [5, 5.41) is 9.78. The molecule has 0 aromatic carbocycles. The number of aliphatic hydroxyl groups is 1. The van der Waals surface area contributed by atoms with Crippen LogP contribution in [0.25, 0.3) is 0 Å². The predicted octanol–water partition coefficient (Wildman–Crippen LogP) is 2.91. The maximum atomic E-state index is 9.78. The van der Waals surface area contributed by atoms with Gasteiger partial charge in [0.1, 0.15) is 0 Å². The molecule has 2 unspecified atom stereocenters. The van der Waals surface area contributed by atoms with Gasteiger partial charge in [0, 0.05) is 31.7 Å². The van der Waals surface area contributed by atoms with E-state index >= 15 is 0 Å². The molecule has 1 aliphatic carbocycles. The summed E-state index contributed by atoms with van der Waals surface area (Å²) in [6, 6.07) is 0. The minimum absolute atomic E-state index is 0.231. The highest BCUT2D eigenvalue weighted by molar-refractivity contribution is 4.87. The van der Waals surface area contributed by atoms with Gasteiger partial charge < -0.3 is 10.0 Å². The molecule has 0 amide bonds. The summed E-state index contributed by atoms with van der Waals surface area (Å²) >= 11 is 0. The minimum Gasteiger partial charge on any atom is -0.396 e. The van der Waals surface area contributed by atoms with Crippen molar-refractivity contribution in [3.8, 4) is 0 Å². The quantitative estimate of drug-likeness (QED) is 0.818. The van der Waals surface area contributed by atoms with Gasteiger partial charge in [0.2, 0.25) is 0 Å². The van der Waals surface area contributed by atoms with E-state index in [1.165, 1.54) is 51.6 Å². The molecule has 0 radical (unpaired) electrons. The third-order valence-electron chi connectivity index (χ3n) is 4.75. The zero-order valence-corrected chi connectivity index (χ0v) is 11.6. The van der Waals surface area contributed by atoms with Crippen LogP contribution < -0.4 is 0 Å². The summed E-state index contributed by atoms with van der Waals surface area (Å²) in [7, 11) is 0. The standard InChI is InChI=1S/C15H29NO/c1-13-8-14(2)10-16(9-13)11-15(12-17)6-4-3-5-7-15/h13-14,17H,3-12H2,1-2H3. The Balaban J connectivity index is 1.93. The van der Waals surface area contributed by atoms with Crippen LogP contribution in [0, 0.1) is 17.3 Å². The average molecular weight is 239 g/mol. The van der Waals surface area contributed by atoms with Gasteiger partial charge in [-0.25, -0.2) is 0 Å². The first-order valence-corrected chi connectivity index (χ1v) is 7.47. The molecular formula is C15H29NO. The number of hydrogen-bond acceptors (Lipinski definition) is 2. The van der Waals surface area contributed by atoms with Crippen molar-refractivity contribution in [3.05, 3.63) is 0 Å². The van der Waals surface area contributed by atoms with Gasteiger partial charge in [0.25, 0.3) is 0 Å². The summed E-state index contributed by atoms with van der Waals surface area (Å²) in [5.41, 5.74) is 0.231. The van der Waals surface area contributed by atoms with Crippen LogP contribution in [0.1, 0.15) is 52.4 Å². The highest BCUT2D eigenvalue weighted by Gasteiger charge is 2.35. The van der Waals surface area contributed by atoms with Crippen LogP contribution in [-0.2, 0) is 0 Å². The second-order valence-electron chi connectivity index (χ2n) is 6.86. The molecule has 1 aliphatic heterocycles. The molecule has 2 rings (SSSR count). The van der Waals surface area contributed by atoms with Gasteiger partial charge in [0.05, 0.1) is 0 Å². The third kappa shape index (κ3) is 3.45. The summed E-state index contributed by atoms with van der Waals surface area (Å²) in [5.74, 6) is 1.66. The summed E-state index contributed by atoms with van der Waals surface area (Å²) in [6.45, 7) is 8.76. The molecule has 1 saturated carbocycles. The Morgan fingerprint density at radius 2 is 1.65 bits per heavy atom. The van der Waals surface area contributed by atoms with Crippen LogP contribution in [-0.4, -0.2) is 36.2 Å². The van der Waals surface area contributed by atoms with Crippen molar-refractivity contribution in [3.63, 3.8) is 0 Å². The van der Waals surface area contributed by atoms with E-state index in [0.717, 1.165) is 18.4 Å². The summed E-state index contributed by atoms with van der Waals surface area (Å²) in [4.78, 5) is 2.63. The Morgan fingerprint density at radius 1 is 1.06 bits per heavy atom. The molecule has 1 heterocycles. The monoisotopic (exact) mass is 239 g/mol. The molecule has 2 nitrogen and oxygen atoms in total. The van der Waals surface area contributed by atoms with Crippen LogP contribution in [0.15, 0.2) is 0 Å². The van der Waals surface area contributed by atoms with Crippen molar-refractivity contribution in [2.75, 3.05) is 26.2 Å². The second kappa shape index (κ2) is 5.71. The van der Waals surface area contributed by atoms with E-state index in [9.17, 15) is 5.11 Å². The number of hydrogen-bond donors (Lipinski definition) is 1. The van der Waals surface area contributed by atoms with Gasteiger partial charge in [-0.15, -0.1) is 0 Å². The maximum absolute atomic E-state index is 9.78. The van der Waals surface area contributed by atoms with Crippen LogP contribution in [0.3, 0.4) is 0 Å². The topological polar surface area (TPSA) is 23.5 Å². The molecule has 2 aliphatic rings. The van der Waals surface area contributed by atoms with Crippen molar-refractivity contribution < 1.29 is 5.11 Å². The fourth-order valence-corrected chi connectivity index (χ4v) is 4.06. The first-order valence-electron chi connectivity index (χ1n) is 7.47. The SMILES string of the molecule is CC1CC(C)CN(CC2(CO)CCCCC2)C1. The average Bonchev–Trinajstić information content (AvgIpc) is 2.29. The molecule has 2 fully saturated rings. The lowest BCUT2D eigenvalue weighted by molar-refractivity contribution is 0.0178. The van der Waals surface area contributed by atoms with E-state index in [-0.39, 0.29) is 5.41 Å². The van der Waals surface area contributed by atoms with Gasteiger partial charge in [-0.1, -0.05) is 33.1 Å². The summed E-state index contributed by atoms with van der Waals surface area (Å²) < 4.78 is 0. The fourth-order valence-electron chi connectivity index (χ4n) is 4.06. The molecular weight excluding hydrogens is 210 g/mol. The first-order chi connectivity index (χ1) is 8.13. The van der Waals surface area contributed by atoms with E-state index < -0.39 is 0 Å². The zero-order chi connectivity index (χ0) is 12.3. The van der Waals surface area contributed by atoms with Gasteiger partial charge in [-0.2, -0.15) is 0 Å². The number of rotatable bonds is 3. The van der Waals surface area contributed by atoms with Crippen LogP contribution in [0.2, 0.25) is 0 Å². The Kier molecular flexibility index (Phi) is 4.48. The van der Waals surface area contributed by atoms with Crippen molar-refractivity contribution in [2.45, 2.75) is 52.4 Å². The first kappa shape index (κ1) is 13.4. The van der Waals surface area contributed by atoms with Gasteiger partial charge in [0.15, 0.2) is 0 Å². The number of nitrogens with zero attached hydrogens (tertiary/aromatic N) is 1. The van der Waals surface area contributed by atoms with Crippen LogP contribution in [0.4, 0.5) is 0 Å². The smallest absolute Gasteiger partial charge is 0.0499 e. The molecule has 0 aromatic heterocycles. The van der Waals surface area contributed by atoms with E-state index in [4.69, 9.17) is 0 Å². The Labute approximate surface area is 106 Å². The Morgan fingerprint density at radius 3 is 2.18 bits per heavy atom. The fraction of sp³-hybridized carbons (Fsp3) is 1.00. The molecule has 17 heavy (non-hydrogen) atoms. The third-order valence-corrected chi connectivity index (χ3v) is 4.75. The second-order valence-corrected chi connectivity index (χ2v) is 6.86. The molecule has 0 aromatic rings. The lowest BCUT2D eigenvalue weighted by Gasteiger charge is -2.43. The predicted molar refractivity (Wildman–Crippen MR) is 72.0 cm³/mol. The van der Waals surface area contributed by atoms with Gasteiger partial charge in [-0.05, 0) is 31.1 Å². The van der Waals surface area contributed by atoms with Crippen LogP contribution >= 0.6 is 0 Å². The van der Waals surface area contributed by atoms with E-state index in [1.807, 2.05) is 0 Å². The van der Waals surface area contributed by atoms with E-state index in [1.54, 1.807) is 0 Å². The molecule has 1 N–H and O–H groups in total. The molecule has 2 heteroatoms. The maximum Gasteiger partial charge on any atom is 0.0499 e. The van der Waals surface area contributed by atoms with E-state index in [2.05, 4.69) is 18.7 Å². The largest absolute Gasteiger partial charge is 0.396 e. The number of piperidine rings is 1. The Bertz CT molecular complexity index is 225. The van der Waals surface area contributed by atoms with E-state index in [0.29, 0.717) is 6.61 Å². The van der Waals surface area contributed by atoms with Crippen molar-refractivity contribution in [1.29, 1.82) is 0 Å². The molecule has 2 atom stereocenters. The normalized spacial score (nSPS) is 34.8. The lowest BCUT2D eigenvalue weighted by Crippen LogP contribution is -2.47. The van der Waals surface area contributed by atoms with Crippen molar-refractivity contribution in [2.24, 2.45) is 17.3 Å². The highest BCUT2D eigenvalue weighted by atomic mass is 16.3. The number of aliphatic hydroxyl groups excluding tert-OH is 1. The molecule has 0 spiro atoms. The van der Waals surface area contributed by atoms with Gasteiger partial charge in [-0.3, -0.25) is 0 Å². The highest BCUT2D eigenvalue weighted by Crippen LogP contribution is 2.37. The molecule has 100 valence electrons. The lowest BCUT2D eigenvalue weighted by atomic mass is 9.73. The van der Waals surface area contributed by atoms with Crippen LogP contribution in [0.5, 0.6) is 0 Å². The Hall–Kier alpha value is -0.0800.